The zero-order valence-electron chi connectivity index (χ0n) is 12.9. The number of rotatable bonds is 2. The van der Waals surface area contributed by atoms with Crippen LogP contribution in [0.2, 0.25) is 0 Å². The summed E-state index contributed by atoms with van der Waals surface area (Å²) in [6.07, 6.45) is 4.15. The van der Waals surface area contributed by atoms with Gasteiger partial charge in [0.05, 0.1) is 6.10 Å². The third kappa shape index (κ3) is 4.94. The Bertz CT molecular complexity index is 322. The maximum absolute atomic E-state index is 11.8. The first-order chi connectivity index (χ1) is 9.44. The van der Waals surface area contributed by atoms with Crippen molar-refractivity contribution in [2.24, 2.45) is 5.92 Å². The smallest absolute Gasteiger partial charge is 0.407 e. The SMILES string of the molecule is CC(C)(C)OC(=O)NC1CCOC(C2CCCNC2)C1. The molecule has 0 spiro atoms. The summed E-state index contributed by atoms with van der Waals surface area (Å²) in [5.74, 6) is 0.576. The molecule has 3 unspecified atom stereocenters. The van der Waals surface area contributed by atoms with Crippen LogP contribution in [0.5, 0.6) is 0 Å². The first-order valence-electron chi connectivity index (χ1n) is 7.76. The van der Waals surface area contributed by atoms with Crippen molar-refractivity contribution in [2.75, 3.05) is 19.7 Å². The molecule has 2 aliphatic heterocycles. The molecule has 2 N–H and O–H groups in total. The van der Waals surface area contributed by atoms with E-state index >= 15 is 0 Å². The third-order valence-corrected chi connectivity index (χ3v) is 3.90. The molecule has 2 heterocycles. The van der Waals surface area contributed by atoms with Crippen LogP contribution in [0.15, 0.2) is 0 Å². The summed E-state index contributed by atoms with van der Waals surface area (Å²) < 4.78 is 11.2. The minimum atomic E-state index is -0.443. The number of ether oxygens (including phenoxy) is 2. The highest BCUT2D eigenvalue weighted by Crippen LogP contribution is 2.25. The molecule has 5 nitrogen and oxygen atoms in total. The van der Waals surface area contributed by atoms with Gasteiger partial charge in [0.25, 0.3) is 0 Å². The average molecular weight is 284 g/mol. The van der Waals surface area contributed by atoms with Crippen LogP contribution in [0.1, 0.15) is 46.5 Å². The van der Waals surface area contributed by atoms with E-state index in [4.69, 9.17) is 9.47 Å². The highest BCUT2D eigenvalue weighted by atomic mass is 16.6. The van der Waals surface area contributed by atoms with Crippen molar-refractivity contribution in [2.45, 2.75) is 64.2 Å². The van der Waals surface area contributed by atoms with Crippen molar-refractivity contribution in [3.05, 3.63) is 0 Å². The average Bonchev–Trinajstić information content (AvgIpc) is 2.38. The molecule has 20 heavy (non-hydrogen) atoms. The molecule has 2 saturated heterocycles. The van der Waals surface area contributed by atoms with Gasteiger partial charge in [0.15, 0.2) is 0 Å². The Morgan fingerprint density at radius 1 is 1.35 bits per heavy atom. The molecule has 0 saturated carbocycles. The number of amides is 1. The maximum Gasteiger partial charge on any atom is 0.407 e. The van der Waals surface area contributed by atoms with Gasteiger partial charge in [0.2, 0.25) is 0 Å². The van der Waals surface area contributed by atoms with Crippen LogP contribution in [0.4, 0.5) is 4.79 Å². The van der Waals surface area contributed by atoms with Crippen LogP contribution in [-0.2, 0) is 9.47 Å². The zero-order valence-corrected chi connectivity index (χ0v) is 12.9. The Balaban J connectivity index is 1.79. The van der Waals surface area contributed by atoms with Crippen LogP contribution in [0.25, 0.3) is 0 Å². The Labute approximate surface area is 121 Å². The fourth-order valence-electron chi connectivity index (χ4n) is 2.96. The minimum absolute atomic E-state index is 0.172. The summed E-state index contributed by atoms with van der Waals surface area (Å²) >= 11 is 0. The zero-order chi connectivity index (χ0) is 14.6. The maximum atomic E-state index is 11.8. The standard InChI is InChI=1S/C15H28N2O3/c1-15(2,3)20-14(18)17-12-6-8-19-13(9-12)11-5-4-7-16-10-11/h11-13,16H,4-10H2,1-3H3,(H,17,18). The second-order valence-corrected chi connectivity index (χ2v) is 6.88. The van der Waals surface area contributed by atoms with E-state index in [2.05, 4.69) is 10.6 Å². The number of nitrogens with one attached hydrogen (secondary N) is 2. The molecule has 0 aliphatic carbocycles. The van der Waals surface area contributed by atoms with Crippen molar-refractivity contribution >= 4 is 6.09 Å². The summed E-state index contributed by atoms with van der Waals surface area (Å²) in [5.41, 5.74) is -0.443. The number of carbonyl (C=O) groups excluding carboxylic acids is 1. The lowest BCUT2D eigenvalue weighted by atomic mass is 9.88. The van der Waals surface area contributed by atoms with Gasteiger partial charge in [-0.1, -0.05) is 0 Å². The first-order valence-corrected chi connectivity index (χ1v) is 7.76. The van der Waals surface area contributed by atoms with E-state index < -0.39 is 5.60 Å². The first kappa shape index (κ1) is 15.6. The molecule has 2 fully saturated rings. The van der Waals surface area contributed by atoms with Gasteiger partial charge in [-0.15, -0.1) is 0 Å². The van der Waals surface area contributed by atoms with Gasteiger partial charge in [-0.25, -0.2) is 4.79 Å². The quantitative estimate of drug-likeness (QED) is 0.815. The number of hydrogen-bond donors (Lipinski definition) is 2. The predicted octanol–water partition coefficient (Wildman–Crippen LogP) is 2.06. The number of hydrogen-bond acceptors (Lipinski definition) is 4. The van der Waals surface area contributed by atoms with Crippen molar-refractivity contribution < 1.29 is 14.3 Å². The molecule has 0 aromatic heterocycles. The van der Waals surface area contributed by atoms with Crippen molar-refractivity contribution in [1.82, 2.24) is 10.6 Å². The Kier molecular flexibility index (Phi) is 5.27. The van der Waals surface area contributed by atoms with E-state index in [9.17, 15) is 4.79 Å². The molecule has 5 heteroatoms. The number of carbonyl (C=O) groups is 1. The molecule has 0 bridgehead atoms. The number of alkyl carbamates (subject to hydrolysis) is 1. The number of piperidine rings is 1. The van der Waals surface area contributed by atoms with Crippen LogP contribution < -0.4 is 10.6 Å². The summed E-state index contributed by atoms with van der Waals surface area (Å²) in [4.78, 5) is 11.8. The normalized spacial score (nSPS) is 31.6. The van der Waals surface area contributed by atoms with E-state index in [1.165, 1.54) is 12.8 Å². The second-order valence-electron chi connectivity index (χ2n) is 6.88. The monoisotopic (exact) mass is 284 g/mol. The second kappa shape index (κ2) is 6.76. The third-order valence-electron chi connectivity index (χ3n) is 3.90. The van der Waals surface area contributed by atoms with Crippen LogP contribution in [0, 0.1) is 5.92 Å². The molecular formula is C15H28N2O3. The largest absolute Gasteiger partial charge is 0.444 e. The molecule has 116 valence electrons. The highest BCUT2D eigenvalue weighted by molar-refractivity contribution is 5.68. The van der Waals surface area contributed by atoms with E-state index in [1.54, 1.807) is 0 Å². The lowest BCUT2D eigenvalue weighted by molar-refractivity contribution is -0.0393. The molecule has 3 atom stereocenters. The van der Waals surface area contributed by atoms with E-state index in [-0.39, 0.29) is 18.2 Å². The van der Waals surface area contributed by atoms with Gasteiger partial charge in [-0.05, 0) is 58.9 Å². The van der Waals surface area contributed by atoms with Gasteiger partial charge in [-0.2, -0.15) is 0 Å². The summed E-state index contributed by atoms with van der Waals surface area (Å²) in [6.45, 7) is 8.52. The van der Waals surface area contributed by atoms with Gasteiger partial charge in [-0.3, -0.25) is 0 Å². The lowest BCUT2D eigenvalue weighted by Gasteiger charge is -2.37. The molecule has 1 amide bonds. The summed E-state index contributed by atoms with van der Waals surface area (Å²) in [6, 6.07) is 0.172. The van der Waals surface area contributed by atoms with Crippen molar-refractivity contribution in [1.29, 1.82) is 0 Å². The molecular weight excluding hydrogens is 256 g/mol. The molecule has 0 aromatic rings. The van der Waals surface area contributed by atoms with Gasteiger partial charge in [0, 0.05) is 19.2 Å². The molecule has 2 aliphatic rings. The Morgan fingerprint density at radius 2 is 2.15 bits per heavy atom. The van der Waals surface area contributed by atoms with E-state index in [0.717, 1.165) is 32.5 Å². The van der Waals surface area contributed by atoms with Crippen LogP contribution in [0.3, 0.4) is 0 Å². The van der Waals surface area contributed by atoms with Crippen molar-refractivity contribution in [3.8, 4) is 0 Å². The molecule has 0 aromatic carbocycles. The summed E-state index contributed by atoms with van der Waals surface area (Å²) in [7, 11) is 0. The van der Waals surface area contributed by atoms with Crippen molar-refractivity contribution in [3.63, 3.8) is 0 Å². The molecule has 2 rings (SSSR count). The van der Waals surface area contributed by atoms with Gasteiger partial charge < -0.3 is 20.1 Å². The van der Waals surface area contributed by atoms with Crippen LogP contribution >= 0.6 is 0 Å². The fourth-order valence-corrected chi connectivity index (χ4v) is 2.96. The Hall–Kier alpha value is -0.810. The van der Waals surface area contributed by atoms with Gasteiger partial charge >= 0.3 is 6.09 Å². The lowest BCUT2D eigenvalue weighted by Crippen LogP contribution is -2.48. The highest BCUT2D eigenvalue weighted by Gasteiger charge is 2.31. The Morgan fingerprint density at radius 3 is 2.80 bits per heavy atom. The van der Waals surface area contributed by atoms with Gasteiger partial charge in [0.1, 0.15) is 5.60 Å². The topological polar surface area (TPSA) is 59.6 Å². The fraction of sp³-hybridized carbons (Fsp3) is 0.933. The van der Waals surface area contributed by atoms with Crippen LogP contribution in [-0.4, -0.2) is 43.5 Å². The summed E-state index contributed by atoms with van der Waals surface area (Å²) in [5, 5.41) is 6.41. The van der Waals surface area contributed by atoms with E-state index in [1.807, 2.05) is 20.8 Å². The predicted molar refractivity (Wildman–Crippen MR) is 77.7 cm³/mol. The van der Waals surface area contributed by atoms with E-state index in [0.29, 0.717) is 5.92 Å². The minimum Gasteiger partial charge on any atom is -0.444 e. The molecule has 0 radical (unpaired) electrons.